The molecule has 2 fully saturated rings. The zero-order valence-corrected chi connectivity index (χ0v) is 20.9. The largest absolute Gasteiger partial charge is 0.345 e. The van der Waals surface area contributed by atoms with E-state index in [1.54, 1.807) is 24.7 Å². The van der Waals surface area contributed by atoms with Crippen LogP contribution < -0.4 is 4.72 Å². The molecule has 4 aromatic rings. The first kappa shape index (κ1) is 23.7. The number of nitrogens with zero attached hydrogens (tertiary/aromatic N) is 4. The van der Waals surface area contributed by atoms with Crippen molar-refractivity contribution in [2.24, 2.45) is 5.92 Å². The fraction of sp³-hybridized carbons (Fsp3) is 0.308. The Morgan fingerprint density at radius 3 is 2.54 bits per heavy atom. The molecular weight excluding hydrogens is 495 g/mol. The van der Waals surface area contributed by atoms with Crippen molar-refractivity contribution in [1.29, 1.82) is 0 Å². The number of aromatic amines is 1. The van der Waals surface area contributed by atoms with Crippen molar-refractivity contribution in [3.63, 3.8) is 0 Å². The molecule has 2 N–H and O–H groups in total. The van der Waals surface area contributed by atoms with Gasteiger partial charge in [0, 0.05) is 65.9 Å². The number of halogens is 1. The van der Waals surface area contributed by atoms with Gasteiger partial charge in [0.25, 0.3) is 0 Å². The van der Waals surface area contributed by atoms with E-state index < -0.39 is 21.8 Å². The maximum absolute atomic E-state index is 15.5. The van der Waals surface area contributed by atoms with E-state index in [1.165, 1.54) is 28.7 Å². The van der Waals surface area contributed by atoms with E-state index in [9.17, 15) is 13.2 Å². The first-order chi connectivity index (χ1) is 17.8. The van der Waals surface area contributed by atoms with E-state index in [1.807, 2.05) is 6.92 Å². The molecule has 9 nitrogen and oxygen atoms in total. The SMILES string of the molecule is C[C@@H]1CCN(S(=O)(=O)Nc2cccc(C(=O)c3c[nH]c4ncc(-c5cnc(C6CC6)nc5)cc34)c2F)C1. The predicted octanol–water partition coefficient (Wildman–Crippen LogP) is 4.27. The Morgan fingerprint density at radius 2 is 1.84 bits per heavy atom. The molecule has 0 bridgehead atoms. The Bertz CT molecular complexity index is 1620. The molecule has 6 rings (SSSR count). The summed E-state index contributed by atoms with van der Waals surface area (Å²) in [4.78, 5) is 29.7. The molecule has 0 unspecified atom stereocenters. The fourth-order valence-electron chi connectivity index (χ4n) is 4.64. The topological polar surface area (TPSA) is 121 Å². The molecule has 190 valence electrons. The molecule has 4 heterocycles. The summed E-state index contributed by atoms with van der Waals surface area (Å²) < 4.78 is 44.6. The van der Waals surface area contributed by atoms with Gasteiger partial charge < -0.3 is 4.98 Å². The third-order valence-corrected chi connectivity index (χ3v) is 8.42. The smallest absolute Gasteiger partial charge is 0.301 e. The predicted molar refractivity (Wildman–Crippen MR) is 137 cm³/mol. The molecule has 1 atom stereocenters. The number of anilines is 1. The van der Waals surface area contributed by atoms with Crippen LogP contribution in [-0.4, -0.2) is 51.5 Å². The van der Waals surface area contributed by atoms with Crippen molar-refractivity contribution in [2.75, 3.05) is 17.8 Å². The van der Waals surface area contributed by atoms with Crippen molar-refractivity contribution in [1.82, 2.24) is 24.2 Å². The zero-order chi connectivity index (χ0) is 25.7. The highest BCUT2D eigenvalue weighted by molar-refractivity contribution is 7.90. The quantitative estimate of drug-likeness (QED) is 0.351. The summed E-state index contributed by atoms with van der Waals surface area (Å²) in [6.45, 7) is 2.71. The Kier molecular flexibility index (Phi) is 5.76. The lowest BCUT2D eigenvalue weighted by molar-refractivity contribution is 0.103. The number of rotatable bonds is 7. The van der Waals surface area contributed by atoms with Crippen LogP contribution in [-0.2, 0) is 10.2 Å². The standard InChI is InChI=1S/C26H25FN6O3S/c1-15-7-8-33(14-15)37(35,36)32-22-4-2-3-19(23(22)27)24(34)21-13-31-26-20(21)9-17(10-30-26)18-11-28-25(29-12-18)16-5-6-16/h2-4,9-13,15-16,32H,5-8,14H2,1H3,(H,30,31)/t15-/m1/s1. The number of carbonyl (C=O) groups is 1. The highest BCUT2D eigenvalue weighted by atomic mass is 32.2. The van der Waals surface area contributed by atoms with Gasteiger partial charge in [-0.15, -0.1) is 0 Å². The number of pyridine rings is 1. The van der Waals surface area contributed by atoms with E-state index in [4.69, 9.17) is 0 Å². The monoisotopic (exact) mass is 520 g/mol. The summed E-state index contributed by atoms with van der Waals surface area (Å²) >= 11 is 0. The van der Waals surface area contributed by atoms with Gasteiger partial charge in [0.1, 0.15) is 11.5 Å². The van der Waals surface area contributed by atoms with E-state index >= 15 is 4.39 Å². The first-order valence-corrected chi connectivity index (χ1v) is 13.6. The van der Waals surface area contributed by atoms with E-state index in [0.717, 1.165) is 36.2 Å². The first-order valence-electron chi connectivity index (χ1n) is 12.2. The number of fused-ring (bicyclic) bond motifs is 1. The van der Waals surface area contributed by atoms with Crippen LogP contribution in [0, 0.1) is 11.7 Å². The lowest BCUT2D eigenvalue weighted by Gasteiger charge is -2.18. The highest BCUT2D eigenvalue weighted by Crippen LogP contribution is 2.38. The molecule has 1 aliphatic heterocycles. The van der Waals surface area contributed by atoms with Crippen LogP contribution in [0.15, 0.2) is 49.1 Å². The van der Waals surface area contributed by atoms with E-state index in [-0.39, 0.29) is 22.7 Å². The normalized spacial score (nSPS) is 18.4. The van der Waals surface area contributed by atoms with Gasteiger partial charge in [-0.2, -0.15) is 12.7 Å². The van der Waals surface area contributed by atoms with Crippen molar-refractivity contribution in [3.8, 4) is 11.1 Å². The van der Waals surface area contributed by atoms with Crippen LogP contribution >= 0.6 is 0 Å². The molecular formula is C26H25FN6O3S. The van der Waals surface area contributed by atoms with Gasteiger partial charge in [0.2, 0.25) is 0 Å². The Labute approximate surface area is 213 Å². The van der Waals surface area contributed by atoms with E-state index in [0.29, 0.717) is 30.0 Å². The van der Waals surface area contributed by atoms with Crippen LogP contribution in [0.4, 0.5) is 10.1 Å². The summed E-state index contributed by atoms with van der Waals surface area (Å²) in [5, 5.41) is 0.519. The van der Waals surface area contributed by atoms with Gasteiger partial charge in [0.05, 0.1) is 11.3 Å². The van der Waals surface area contributed by atoms with Gasteiger partial charge in [-0.25, -0.2) is 19.3 Å². The Hall–Kier alpha value is -3.70. The number of hydrogen-bond donors (Lipinski definition) is 2. The molecule has 3 aromatic heterocycles. The summed E-state index contributed by atoms with van der Waals surface area (Å²) in [6, 6.07) is 5.90. The molecule has 0 spiro atoms. The van der Waals surface area contributed by atoms with Gasteiger partial charge in [-0.3, -0.25) is 9.52 Å². The fourth-order valence-corrected chi connectivity index (χ4v) is 6.00. The molecule has 1 aliphatic carbocycles. The minimum atomic E-state index is -3.94. The number of hydrogen-bond acceptors (Lipinski definition) is 6. The van der Waals surface area contributed by atoms with Gasteiger partial charge in [-0.05, 0) is 43.4 Å². The van der Waals surface area contributed by atoms with Gasteiger partial charge in [-0.1, -0.05) is 13.0 Å². The molecule has 1 saturated heterocycles. The number of aromatic nitrogens is 4. The number of nitrogens with one attached hydrogen (secondary N) is 2. The molecule has 37 heavy (non-hydrogen) atoms. The van der Waals surface area contributed by atoms with Crippen LogP contribution in [0.1, 0.15) is 53.8 Å². The number of benzene rings is 1. The van der Waals surface area contributed by atoms with E-state index in [2.05, 4.69) is 24.7 Å². The third kappa shape index (κ3) is 4.49. The summed E-state index contributed by atoms with van der Waals surface area (Å²) in [6.07, 6.45) is 9.60. The molecule has 0 amide bonds. The summed E-state index contributed by atoms with van der Waals surface area (Å²) in [5.74, 6) is 0.000233. The zero-order valence-electron chi connectivity index (χ0n) is 20.1. The molecule has 0 radical (unpaired) electrons. The summed E-state index contributed by atoms with van der Waals surface area (Å²) in [5.41, 5.74) is 1.69. The minimum absolute atomic E-state index is 0.229. The lowest BCUT2D eigenvalue weighted by atomic mass is 10.0. The van der Waals surface area contributed by atoms with Gasteiger partial charge in [0.15, 0.2) is 11.6 Å². The van der Waals surface area contributed by atoms with Gasteiger partial charge >= 0.3 is 10.2 Å². The van der Waals surface area contributed by atoms with Crippen molar-refractivity contribution >= 4 is 32.7 Å². The van der Waals surface area contributed by atoms with Crippen molar-refractivity contribution in [2.45, 2.75) is 32.1 Å². The molecule has 11 heteroatoms. The molecule has 1 aromatic carbocycles. The average Bonchev–Trinajstić information content (AvgIpc) is 3.51. The second kappa shape index (κ2) is 9.00. The maximum atomic E-state index is 15.5. The van der Waals surface area contributed by atoms with Crippen molar-refractivity contribution in [3.05, 3.63) is 71.8 Å². The Morgan fingerprint density at radius 1 is 1.08 bits per heavy atom. The average molecular weight is 521 g/mol. The van der Waals surface area contributed by atoms with Crippen LogP contribution in [0.2, 0.25) is 0 Å². The van der Waals surface area contributed by atoms with Crippen LogP contribution in [0.3, 0.4) is 0 Å². The second-order valence-corrected chi connectivity index (χ2v) is 11.5. The Balaban J connectivity index is 1.30. The number of H-pyrrole nitrogens is 1. The maximum Gasteiger partial charge on any atom is 0.301 e. The second-order valence-electron chi connectivity index (χ2n) is 9.78. The lowest BCUT2D eigenvalue weighted by Crippen LogP contribution is -2.34. The highest BCUT2D eigenvalue weighted by Gasteiger charge is 2.31. The third-order valence-electron chi connectivity index (χ3n) is 6.93. The van der Waals surface area contributed by atoms with Crippen LogP contribution in [0.25, 0.3) is 22.2 Å². The van der Waals surface area contributed by atoms with Crippen LogP contribution in [0.5, 0.6) is 0 Å². The number of ketones is 1. The number of carbonyl (C=O) groups excluding carboxylic acids is 1. The summed E-state index contributed by atoms with van der Waals surface area (Å²) in [7, 11) is -3.94. The molecule has 2 aliphatic rings. The minimum Gasteiger partial charge on any atom is -0.345 e. The van der Waals surface area contributed by atoms with Crippen molar-refractivity contribution < 1.29 is 17.6 Å². The molecule has 1 saturated carbocycles.